The molecular formula is C15H22N6O. The first-order valence-electron chi connectivity index (χ1n) is 7.55. The van der Waals surface area contributed by atoms with E-state index in [1.807, 2.05) is 28.7 Å². The van der Waals surface area contributed by atoms with Gasteiger partial charge >= 0.3 is 0 Å². The van der Waals surface area contributed by atoms with Gasteiger partial charge in [0.05, 0.1) is 11.7 Å². The number of aryl methyl sites for hydroxylation is 2. The first-order valence-corrected chi connectivity index (χ1v) is 7.55. The van der Waals surface area contributed by atoms with Gasteiger partial charge in [-0.3, -0.25) is 19.1 Å². The van der Waals surface area contributed by atoms with Gasteiger partial charge in [-0.1, -0.05) is 0 Å². The molecule has 0 unspecified atom stereocenters. The number of aromatic nitrogens is 4. The molecule has 0 spiro atoms. The average molecular weight is 302 g/mol. The molecule has 2 aromatic heterocycles. The molecule has 1 atom stereocenters. The number of anilines is 1. The highest BCUT2D eigenvalue weighted by molar-refractivity contribution is 5.87. The highest BCUT2D eigenvalue weighted by Crippen LogP contribution is 2.24. The molecule has 0 bridgehead atoms. The monoisotopic (exact) mass is 302 g/mol. The van der Waals surface area contributed by atoms with Gasteiger partial charge in [0.2, 0.25) is 5.91 Å². The predicted molar refractivity (Wildman–Crippen MR) is 83.4 cm³/mol. The van der Waals surface area contributed by atoms with E-state index in [1.54, 1.807) is 0 Å². The molecule has 7 nitrogen and oxygen atoms in total. The Bertz CT molecular complexity index is 673. The van der Waals surface area contributed by atoms with E-state index < -0.39 is 0 Å². The van der Waals surface area contributed by atoms with E-state index in [0.717, 1.165) is 31.7 Å². The molecule has 3 rings (SSSR count). The van der Waals surface area contributed by atoms with Crippen molar-refractivity contribution < 1.29 is 4.79 Å². The normalized spacial score (nSPS) is 18.8. The van der Waals surface area contributed by atoms with Crippen molar-refractivity contribution in [3.05, 3.63) is 29.7 Å². The lowest BCUT2D eigenvalue weighted by Gasteiger charge is -2.15. The molecule has 7 heteroatoms. The van der Waals surface area contributed by atoms with Gasteiger partial charge in [0, 0.05) is 57.6 Å². The quantitative estimate of drug-likeness (QED) is 0.925. The summed E-state index contributed by atoms with van der Waals surface area (Å²) in [7, 11) is 1.95. The molecule has 2 aromatic rings. The number of likely N-dealkylation sites (tertiary alicyclic amines) is 1. The van der Waals surface area contributed by atoms with Gasteiger partial charge in [0.1, 0.15) is 0 Å². The molecule has 0 aromatic carbocycles. The Balaban J connectivity index is 1.61. The van der Waals surface area contributed by atoms with Gasteiger partial charge in [0.25, 0.3) is 0 Å². The predicted octanol–water partition coefficient (Wildman–Crippen LogP) is 1.33. The number of nitrogens with one attached hydrogen (secondary N) is 1. The molecular weight excluding hydrogens is 280 g/mol. The van der Waals surface area contributed by atoms with E-state index in [9.17, 15) is 4.79 Å². The van der Waals surface area contributed by atoms with E-state index in [4.69, 9.17) is 0 Å². The minimum atomic E-state index is -0.0923. The van der Waals surface area contributed by atoms with Crippen LogP contribution in [0.4, 0.5) is 5.82 Å². The second-order valence-corrected chi connectivity index (χ2v) is 5.95. The third-order valence-electron chi connectivity index (χ3n) is 4.04. The summed E-state index contributed by atoms with van der Waals surface area (Å²) in [4.78, 5) is 13.5. The van der Waals surface area contributed by atoms with Crippen molar-refractivity contribution in [1.82, 2.24) is 24.5 Å². The molecule has 0 saturated carbocycles. The van der Waals surface area contributed by atoms with Crippen molar-refractivity contribution in [3.63, 3.8) is 0 Å². The van der Waals surface area contributed by atoms with Gasteiger partial charge in [-0.2, -0.15) is 10.2 Å². The molecule has 1 saturated heterocycles. The van der Waals surface area contributed by atoms with Crippen molar-refractivity contribution in [2.75, 3.05) is 18.4 Å². The van der Waals surface area contributed by atoms with Gasteiger partial charge in [-0.05, 0) is 13.3 Å². The molecule has 0 aliphatic carbocycles. The maximum absolute atomic E-state index is 11.1. The Labute approximate surface area is 129 Å². The topological polar surface area (TPSA) is 68.0 Å². The average Bonchev–Trinajstić information content (AvgIpc) is 3.11. The Hall–Kier alpha value is -2.15. The molecule has 22 heavy (non-hydrogen) atoms. The van der Waals surface area contributed by atoms with Crippen molar-refractivity contribution in [1.29, 1.82) is 0 Å². The Morgan fingerprint density at radius 3 is 2.95 bits per heavy atom. The molecule has 0 radical (unpaired) electrons. The van der Waals surface area contributed by atoms with Crippen LogP contribution in [0.25, 0.3) is 0 Å². The fraction of sp³-hybridized carbons (Fsp3) is 0.533. The summed E-state index contributed by atoms with van der Waals surface area (Å²) in [6.45, 7) is 6.49. The van der Waals surface area contributed by atoms with Crippen molar-refractivity contribution in [2.24, 2.45) is 7.05 Å². The van der Waals surface area contributed by atoms with Gasteiger partial charge in [-0.15, -0.1) is 0 Å². The summed E-state index contributed by atoms with van der Waals surface area (Å²) in [5, 5.41) is 11.5. The lowest BCUT2D eigenvalue weighted by atomic mass is 10.2. The fourth-order valence-corrected chi connectivity index (χ4v) is 3.00. The van der Waals surface area contributed by atoms with Gasteiger partial charge in [-0.25, -0.2) is 0 Å². The molecule has 3 heterocycles. The highest BCUT2D eigenvalue weighted by Gasteiger charge is 2.25. The summed E-state index contributed by atoms with van der Waals surface area (Å²) in [6, 6.07) is 2.20. The van der Waals surface area contributed by atoms with Crippen LogP contribution >= 0.6 is 0 Å². The maximum atomic E-state index is 11.1. The van der Waals surface area contributed by atoms with Crippen LogP contribution in [-0.4, -0.2) is 43.5 Å². The van der Waals surface area contributed by atoms with E-state index in [1.165, 1.54) is 12.5 Å². The Kier molecular flexibility index (Phi) is 3.98. The van der Waals surface area contributed by atoms with Crippen LogP contribution in [0.3, 0.4) is 0 Å². The number of nitrogens with zero attached hydrogens (tertiary/aromatic N) is 5. The standard InChI is InChI=1S/C15H22N6O/c1-11-13(8-19(3)17-11)9-20-6-4-14(10-20)21-7-5-15(18-21)16-12(2)22/h5,7-8,14H,4,6,9-10H2,1-3H3,(H,16,18,22)/t14-/m1/s1. The van der Waals surface area contributed by atoms with Crippen molar-refractivity contribution in [3.8, 4) is 0 Å². The van der Waals surface area contributed by atoms with E-state index in [-0.39, 0.29) is 5.91 Å². The van der Waals surface area contributed by atoms with Crippen LogP contribution in [0.15, 0.2) is 18.5 Å². The van der Waals surface area contributed by atoms with Crippen LogP contribution in [-0.2, 0) is 18.4 Å². The number of carbonyl (C=O) groups is 1. The van der Waals surface area contributed by atoms with Crippen LogP contribution in [0.5, 0.6) is 0 Å². The summed E-state index contributed by atoms with van der Waals surface area (Å²) in [6.07, 6.45) is 5.10. The number of carbonyl (C=O) groups excluding carboxylic acids is 1. The largest absolute Gasteiger partial charge is 0.309 e. The van der Waals surface area contributed by atoms with Gasteiger partial charge < -0.3 is 5.32 Å². The molecule has 1 aliphatic rings. The zero-order valence-electron chi connectivity index (χ0n) is 13.3. The second-order valence-electron chi connectivity index (χ2n) is 5.95. The number of hydrogen-bond acceptors (Lipinski definition) is 4. The molecule has 1 fully saturated rings. The number of amides is 1. The lowest BCUT2D eigenvalue weighted by molar-refractivity contribution is -0.114. The summed E-state index contributed by atoms with van der Waals surface area (Å²) >= 11 is 0. The smallest absolute Gasteiger partial charge is 0.222 e. The maximum Gasteiger partial charge on any atom is 0.222 e. The van der Waals surface area contributed by atoms with Crippen LogP contribution in [0.1, 0.15) is 30.6 Å². The summed E-state index contributed by atoms with van der Waals surface area (Å²) in [5.41, 5.74) is 2.38. The van der Waals surface area contributed by atoms with Gasteiger partial charge in [0.15, 0.2) is 5.82 Å². The van der Waals surface area contributed by atoms with Crippen LogP contribution < -0.4 is 5.32 Å². The highest BCUT2D eigenvalue weighted by atomic mass is 16.1. The fourth-order valence-electron chi connectivity index (χ4n) is 3.00. The van der Waals surface area contributed by atoms with E-state index in [2.05, 4.69) is 33.5 Å². The van der Waals surface area contributed by atoms with E-state index >= 15 is 0 Å². The third-order valence-corrected chi connectivity index (χ3v) is 4.04. The van der Waals surface area contributed by atoms with Crippen molar-refractivity contribution >= 4 is 11.7 Å². The molecule has 1 N–H and O–H groups in total. The summed E-state index contributed by atoms with van der Waals surface area (Å²) in [5.74, 6) is 0.527. The lowest BCUT2D eigenvalue weighted by Crippen LogP contribution is -2.21. The zero-order chi connectivity index (χ0) is 15.7. The minimum absolute atomic E-state index is 0.0923. The zero-order valence-corrected chi connectivity index (χ0v) is 13.3. The first kappa shape index (κ1) is 14.8. The minimum Gasteiger partial charge on any atom is -0.309 e. The summed E-state index contributed by atoms with van der Waals surface area (Å²) < 4.78 is 3.83. The van der Waals surface area contributed by atoms with Crippen molar-refractivity contribution in [2.45, 2.75) is 32.9 Å². The molecule has 118 valence electrons. The molecule has 1 amide bonds. The second kappa shape index (κ2) is 5.92. The Morgan fingerprint density at radius 1 is 1.45 bits per heavy atom. The number of rotatable bonds is 4. The van der Waals surface area contributed by atoms with Crippen LogP contribution in [0, 0.1) is 6.92 Å². The van der Waals surface area contributed by atoms with E-state index in [0.29, 0.717) is 11.9 Å². The first-order chi connectivity index (χ1) is 10.5. The third kappa shape index (κ3) is 3.19. The SMILES string of the molecule is CC(=O)Nc1ccn([C@@H]2CCN(Cc3cn(C)nc3C)C2)n1. The number of hydrogen-bond donors (Lipinski definition) is 1. The molecule has 1 aliphatic heterocycles. The van der Waals surface area contributed by atoms with Crippen LogP contribution in [0.2, 0.25) is 0 Å². The Morgan fingerprint density at radius 2 is 2.27 bits per heavy atom.